The van der Waals surface area contributed by atoms with E-state index in [1.807, 2.05) is 12.1 Å². The minimum atomic E-state index is 0.400. The molecule has 0 bridgehead atoms. The summed E-state index contributed by atoms with van der Waals surface area (Å²) in [7, 11) is 0. The summed E-state index contributed by atoms with van der Waals surface area (Å²) in [6.45, 7) is 4.68. The zero-order valence-corrected chi connectivity index (χ0v) is 10.8. The second-order valence-corrected chi connectivity index (χ2v) is 6.23. The minimum absolute atomic E-state index is 0.400. The highest BCUT2D eigenvalue weighted by Crippen LogP contribution is 2.40. The summed E-state index contributed by atoms with van der Waals surface area (Å²) >= 11 is 0. The number of rotatable bonds is 0. The predicted molar refractivity (Wildman–Crippen MR) is 74.9 cm³/mol. The van der Waals surface area contributed by atoms with Crippen molar-refractivity contribution in [1.82, 2.24) is 0 Å². The van der Waals surface area contributed by atoms with Crippen molar-refractivity contribution in [3.8, 4) is 0 Å². The van der Waals surface area contributed by atoms with Crippen molar-refractivity contribution in [2.24, 2.45) is 5.41 Å². The molecule has 2 aromatic carbocycles. The van der Waals surface area contributed by atoms with Crippen LogP contribution in [0.15, 0.2) is 40.8 Å². The Labute approximate surface area is 106 Å². The number of benzene rings is 2. The molecule has 0 saturated carbocycles. The molecular weight excluding hydrogens is 220 g/mol. The van der Waals surface area contributed by atoms with E-state index in [1.54, 1.807) is 0 Å². The van der Waals surface area contributed by atoms with E-state index in [1.165, 1.54) is 28.3 Å². The van der Waals surface area contributed by atoms with Gasteiger partial charge in [-0.3, -0.25) is 0 Å². The first-order chi connectivity index (χ1) is 8.62. The molecule has 1 aliphatic rings. The Hall–Kier alpha value is -1.76. The van der Waals surface area contributed by atoms with Crippen molar-refractivity contribution in [2.75, 3.05) is 0 Å². The van der Waals surface area contributed by atoms with Crippen LogP contribution in [0.4, 0.5) is 0 Å². The normalized spacial score (nSPS) is 17.4. The van der Waals surface area contributed by atoms with Gasteiger partial charge in [0, 0.05) is 10.8 Å². The van der Waals surface area contributed by atoms with Crippen LogP contribution in [0.1, 0.15) is 25.0 Å². The molecule has 1 aromatic heterocycles. The quantitative estimate of drug-likeness (QED) is 0.551. The van der Waals surface area contributed by atoms with Crippen LogP contribution in [0.2, 0.25) is 0 Å². The van der Waals surface area contributed by atoms with Gasteiger partial charge in [-0.2, -0.15) is 0 Å². The lowest BCUT2D eigenvalue weighted by molar-refractivity contribution is 0.392. The lowest BCUT2D eigenvalue weighted by Gasteiger charge is -2.14. The van der Waals surface area contributed by atoms with Crippen molar-refractivity contribution >= 4 is 21.9 Å². The zero-order chi connectivity index (χ0) is 12.3. The van der Waals surface area contributed by atoms with Crippen molar-refractivity contribution in [2.45, 2.75) is 26.7 Å². The number of furan rings is 1. The monoisotopic (exact) mass is 236 g/mol. The summed E-state index contributed by atoms with van der Waals surface area (Å²) in [4.78, 5) is 0. The SMILES string of the molecule is CC1(C)Cc2cc3oc4ccccc4c3cc2C1. The summed E-state index contributed by atoms with van der Waals surface area (Å²) in [5.74, 6) is 0. The molecule has 3 aromatic rings. The molecule has 0 N–H and O–H groups in total. The smallest absolute Gasteiger partial charge is 0.135 e. The first kappa shape index (κ1) is 10.2. The maximum absolute atomic E-state index is 5.95. The summed E-state index contributed by atoms with van der Waals surface area (Å²) < 4.78 is 5.95. The maximum Gasteiger partial charge on any atom is 0.135 e. The van der Waals surface area contributed by atoms with E-state index in [9.17, 15) is 0 Å². The van der Waals surface area contributed by atoms with Gasteiger partial charge in [0.05, 0.1) is 0 Å². The third-order valence-electron chi connectivity index (χ3n) is 4.04. The number of hydrogen-bond acceptors (Lipinski definition) is 1. The van der Waals surface area contributed by atoms with Gasteiger partial charge in [0.2, 0.25) is 0 Å². The van der Waals surface area contributed by atoms with Crippen molar-refractivity contribution in [1.29, 1.82) is 0 Å². The van der Waals surface area contributed by atoms with E-state index in [0.717, 1.165) is 17.6 Å². The maximum atomic E-state index is 5.95. The molecular formula is C17H16O. The zero-order valence-electron chi connectivity index (χ0n) is 10.8. The Kier molecular flexibility index (Phi) is 1.79. The van der Waals surface area contributed by atoms with Gasteiger partial charge in [-0.1, -0.05) is 32.0 Å². The molecule has 1 nitrogen and oxygen atoms in total. The van der Waals surface area contributed by atoms with Gasteiger partial charge in [0.1, 0.15) is 11.2 Å². The van der Waals surface area contributed by atoms with Crippen molar-refractivity contribution < 1.29 is 4.42 Å². The van der Waals surface area contributed by atoms with Gasteiger partial charge < -0.3 is 4.42 Å². The Morgan fingerprint density at radius 2 is 1.61 bits per heavy atom. The number of fused-ring (bicyclic) bond motifs is 4. The van der Waals surface area contributed by atoms with Crippen LogP contribution in [0.25, 0.3) is 21.9 Å². The molecule has 4 rings (SSSR count). The van der Waals surface area contributed by atoms with Gasteiger partial charge in [-0.25, -0.2) is 0 Å². The van der Waals surface area contributed by atoms with E-state index in [-0.39, 0.29) is 0 Å². The molecule has 1 heteroatoms. The Balaban J connectivity index is 2.05. The van der Waals surface area contributed by atoms with Crippen molar-refractivity contribution in [3.05, 3.63) is 47.5 Å². The van der Waals surface area contributed by atoms with E-state index < -0.39 is 0 Å². The highest BCUT2D eigenvalue weighted by molar-refractivity contribution is 6.05. The summed E-state index contributed by atoms with van der Waals surface area (Å²) in [5.41, 5.74) is 5.39. The fourth-order valence-electron chi connectivity index (χ4n) is 3.28. The minimum Gasteiger partial charge on any atom is -0.456 e. The van der Waals surface area contributed by atoms with Gasteiger partial charge in [-0.15, -0.1) is 0 Å². The van der Waals surface area contributed by atoms with Crippen LogP contribution in [0, 0.1) is 5.41 Å². The molecule has 0 radical (unpaired) electrons. The molecule has 0 atom stereocenters. The molecule has 90 valence electrons. The lowest BCUT2D eigenvalue weighted by atomic mass is 9.90. The molecule has 18 heavy (non-hydrogen) atoms. The molecule has 0 aliphatic heterocycles. The average molecular weight is 236 g/mol. The summed E-state index contributed by atoms with van der Waals surface area (Å²) in [6.07, 6.45) is 2.34. The van der Waals surface area contributed by atoms with Gasteiger partial charge in [0.25, 0.3) is 0 Å². The summed E-state index contributed by atoms with van der Waals surface area (Å²) in [5, 5.41) is 2.50. The Morgan fingerprint density at radius 3 is 2.44 bits per heavy atom. The average Bonchev–Trinajstić information content (AvgIpc) is 2.80. The molecule has 0 amide bonds. The van der Waals surface area contributed by atoms with Crippen molar-refractivity contribution in [3.63, 3.8) is 0 Å². The fourth-order valence-corrected chi connectivity index (χ4v) is 3.28. The second kappa shape index (κ2) is 3.17. The number of hydrogen-bond donors (Lipinski definition) is 0. The van der Waals surface area contributed by atoms with E-state index >= 15 is 0 Å². The molecule has 1 heterocycles. The molecule has 0 unspecified atom stereocenters. The Morgan fingerprint density at radius 1 is 0.889 bits per heavy atom. The van der Waals surface area contributed by atoms with Gasteiger partial charge >= 0.3 is 0 Å². The molecule has 0 fully saturated rings. The van der Waals surface area contributed by atoms with E-state index in [2.05, 4.69) is 38.1 Å². The standard InChI is InChI=1S/C17H16O/c1-17(2)9-11-7-14-13-5-3-4-6-15(13)18-16(14)8-12(11)10-17/h3-8H,9-10H2,1-2H3. The third kappa shape index (κ3) is 1.34. The van der Waals surface area contributed by atoms with Crippen LogP contribution in [0.3, 0.4) is 0 Å². The largest absolute Gasteiger partial charge is 0.456 e. The first-order valence-electron chi connectivity index (χ1n) is 6.55. The van der Waals surface area contributed by atoms with Crippen LogP contribution < -0.4 is 0 Å². The van der Waals surface area contributed by atoms with Crippen LogP contribution in [-0.4, -0.2) is 0 Å². The summed E-state index contributed by atoms with van der Waals surface area (Å²) in [6, 6.07) is 12.9. The van der Waals surface area contributed by atoms with E-state index in [4.69, 9.17) is 4.42 Å². The first-order valence-corrected chi connectivity index (χ1v) is 6.55. The second-order valence-electron chi connectivity index (χ2n) is 6.23. The van der Waals surface area contributed by atoms with Gasteiger partial charge in [0.15, 0.2) is 0 Å². The lowest BCUT2D eigenvalue weighted by Crippen LogP contribution is -2.09. The topological polar surface area (TPSA) is 13.1 Å². The van der Waals surface area contributed by atoms with Crippen LogP contribution in [0.5, 0.6) is 0 Å². The predicted octanol–water partition coefficient (Wildman–Crippen LogP) is 4.71. The third-order valence-corrected chi connectivity index (χ3v) is 4.04. The highest BCUT2D eigenvalue weighted by Gasteiger charge is 2.29. The molecule has 1 aliphatic carbocycles. The van der Waals surface area contributed by atoms with Crippen LogP contribution >= 0.6 is 0 Å². The molecule has 0 saturated heterocycles. The number of para-hydroxylation sites is 1. The van der Waals surface area contributed by atoms with Gasteiger partial charge in [-0.05, 0) is 47.6 Å². The van der Waals surface area contributed by atoms with E-state index in [0.29, 0.717) is 5.41 Å². The highest BCUT2D eigenvalue weighted by atomic mass is 16.3. The fraction of sp³-hybridized carbons (Fsp3) is 0.294. The molecule has 0 spiro atoms. The van der Waals surface area contributed by atoms with Crippen LogP contribution in [-0.2, 0) is 12.8 Å². The Bertz CT molecular complexity index is 762.